The Morgan fingerprint density at radius 2 is 2.42 bits per heavy atom. The minimum atomic E-state index is 0.586. The number of benzene rings is 1. The van der Waals surface area contributed by atoms with Gasteiger partial charge in [0.2, 0.25) is 0 Å². The molecular weight excluding hydrogens is 304 g/mol. The number of nitrogens with one attached hydrogen (secondary N) is 2. The van der Waals surface area contributed by atoms with Crippen LogP contribution in [0.4, 0.5) is 0 Å². The monoisotopic (exact) mass is 328 g/mol. The summed E-state index contributed by atoms with van der Waals surface area (Å²) < 4.78 is 5.26. The molecule has 0 spiro atoms. The average molecular weight is 328 g/mol. The van der Waals surface area contributed by atoms with Crippen LogP contribution in [0.25, 0.3) is 11.4 Å². The van der Waals surface area contributed by atoms with Crippen molar-refractivity contribution < 1.29 is 4.74 Å². The molecule has 0 saturated carbocycles. The fourth-order valence-corrected chi connectivity index (χ4v) is 3.08. The van der Waals surface area contributed by atoms with E-state index in [2.05, 4.69) is 42.5 Å². The smallest absolute Gasteiger partial charge is 0.193 e. The van der Waals surface area contributed by atoms with Gasteiger partial charge < -0.3 is 15.0 Å². The molecule has 1 fully saturated rings. The first-order valence-electron chi connectivity index (χ1n) is 8.19. The number of aliphatic imine (C=N–C) groups is 1. The molecular formula is C17H24N6O. The molecule has 7 nitrogen and oxygen atoms in total. The molecule has 1 unspecified atom stereocenters. The third-order valence-electron chi connectivity index (χ3n) is 4.27. The maximum absolute atomic E-state index is 5.26. The van der Waals surface area contributed by atoms with Gasteiger partial charge in [0, 0.05) is 45.3 Å². The predicted molar refractivity (Wildman–Crippen MR) is 93.6 cm³/mol. The lowest BCUT2D eigenvalue weighted by Crippen LogP contribution is -2.39. The molecule has 1 aliphatic heterocycles. The molecule has 0 bridgehead atoms. The normalized spacial score (nSPS) is 18.2. The Hall–Kier alpha value is -2.41. The van der Waals surface area contributed by atoms with Gasteiger partial charge in [0.05, 0.1) is 6.61 Å². The zero-order valence-electron chi connectivity index (χ0n) is 14.2. The third kappa shape index (κ3) is 3.91. The molecule has 2 heterocycles. The summed E-state index contributed by atoms with van der Waals surface area (Å²) in [5.41, 5.74) is 2.21. The van der Waals surface area contributed by atoms with Crippen LogP contribution in [-0.2, 0) is 11.3 Å². The summed E-state index contributed by atoms with van der Waals surface area (Å²) >= 11 is 0. The highest BCUT2D eigenvalue weighted by atomic mass is 16.5. The van der Waals surface area contributed by atoms with Crippen molar-refractivity contribution in [2.75, 3.05) is 33.9 Å². The standard InChI is InChI=1S/C17H24N6O/c1-18-17(23-7-6-14(10-23)11-24-2)19-9-13-4-3-5-15(8-13)16-20-12-21-22-16/h3-5,8,12,14H,6-7,9-11H2,1-2H3,(H,18,19)(H,20,21,22). The number of aromatic amines is 1. The van der Waals surface area contributed by atoms with Crippen molar-refractivity contribution in [3.8, 4) is 11.4 Å². The van der Waals surface area contributed by atoms with Crippen molar-refractivity contribution in [1.29, 1.82) is 0 Å². The fraction of sp³-hybridized carbons (Fsp3) is 0.471. The van der Waals surface area contributed by atoms with E-state index in [0.717, 1.165) is 50.0 Å². The number of nitrogens with zero attached hydrogens (tertiary/aromatic N) is 4. The van der Waals surface area contributed by atoms with E-state index < -0.39 is 0 Å². The molecule has 2 aromatic rings. The summed E-state index contributed by atoms with van der Waals surface area (Å²) in [5, 5.41) is 10.2. The molecule has 1 atom stereocenters. The van der Waals surface area contributed by atoms with Gasteiger partial charge >= 0.3 is 0 Å². The Kier molecular flexibility index (Phi) is 5.43. The molecule has 1 aromatic heterocycles. The fourth-order valence-electron chi connectivity index (χ4n) is 3.08. The van der Waals surface area contributed by atoms with Crippen molar-refractivity contribution in [1.82, 2.24) is 25.4 Å². The van der Waals surface area contributed by atoms with Gasteiger partial charge in [-0.3, -0.25) is 10.1 Å². The maximum atomic E-state index is 5.26. The largest absolute Gasteiger partial charge is 0.384 e. The van der Waals surface area contributed by atoms with Gasteiger partial charge in [0.25, 0.3) is 0 Å². The Labute approximate surface area is 142 Å². The van der Waals surface area contributed by atoms with Crippen molar-refractivity contribution in [3.63, 3.8) is 0 Å². The van der Waals surface area contributed by atoms with Crippen molar-refractivity contribution in [3.05, 3.63) is 36.2 Å². The van der Waals surface area contributed by atoms with Gasteiger partial charge in [-0.25, -0.2) is 4.98 Å². The zero-order valence-corrected chi connectivity index (χ0v) is 14.2. The second-order valence-corrected chi connectivity index (χ2v) is 5.99. The van der Waals surface area contributed by atoms with E-state index in [9.17, 15) is 0 Å². The topological polar surface area (TPSA) is 78.4 Å². The minimum absolute atomic E-state index is 0.586. The van der Waals surface area contributed by atoms with Gasteiger partial charge in [0.1, 0.15) is 6.33 Å². The van der Waals surface area contributed by atoms with Gasteiger partial charge in [-0.05, 0) is 18.1 Å². The van der Waals surface area contributed by atoms with Crippen LogP contribution in [0.5, 0.6) is 0 Å². The first kappa shape index (κ1) is 16.4. The van der Waals surface area contributed by atoms with E-state index in [4.69, 9.17) is 4.74 Å². The van der Waals surface area contributed by atoms with Crippen LogP contribution in [0.2, 0.25) is 0 Å². The predicted octanol–water partition coefficient (Wildman–Crippen LogP) is 1.52. The molecule has 128 valence electrons. The van der Waals surface area contributed by atoms with Gasteiger partial charge in [-0.15, -0.1) is 0 Å². The molecule has 3 rings (SSSR count). The Morgan fingerprint density at radius 1 is 1.50 bits per heavy atom. The highest BCUT2D eigenvalue weighted by Gasteiger charge is 2.24. The summed E-state index contributed by atoms with van der Waals surface area (Å²) in [7, 11) is 3.59. The number of rotatable bonds is 5. The SMILES string of the molecule is CN=C(NCc1cccc(-c2ncn[nH]2)c1)N1CCC(COC)C1. The molecule has 0 aliphatic carbocycles. The van der Waals surface area contributed by atoms with Crippen LogP contribution in [0.15, 0.2) is 35.6 Å². The van der Waals surface area contributed by atoms with Crippen molar-refractivity contribution in [2.45, 2.75) is 13.0 Å². The summed E-state index contributed by atoms with van der Waals surface area (Å²) in [5.74, 6) is 2.31. The molecule has 1 saturated heterocycles. The first-order chi connectivity index (χ1) is 11.8. The molecule has 7 heteroatoms. The number of methoxy groups -OCH3 is 1. The summed E-state index contributed by atoms with van der Waals surface area (Å²) in [6.07, 6.45) is 2.67. The first-order valence-corrected chi connectivity index (χ1v) is 8.19. The number of hydrogen-bond donors (Lipinski definition) is 2. The van der Waals surface area contributed by atoms with Gasteiger partial charge in [0.15, 0.2) is 11.8 Å². The number of aromatic nitrogens is 3. The third-order valence-corrected chi connectivity index (χ3v) is 4.27. The molecule has 0 radical (unpaired) electrons. The van der Waals surface area contributed by atoms with E-state index in [-0.39, 0.29) is 0 Å². The average Bonchev–Trinajstić information content (AvgIpc) is 3.28. The molecule has 1 aliphatic rings. The van der Waals surface area contributed by atoms with Crippen LogP contribution in [0.3, 0.4) is 0 Å². The number of ether oxygens (including phenoxy) is 1. The van der Waals surface area contributed by atoms with E-state index in [0.29, 0.717) is 5.92 Å². The quantitative estimate of drug-likeness (QED) is 0.643. The Morgan fingerprint density at radius 3 is 3.17 bits per heavy atom. The number of guanidine groups is 1. The minimum Gasteiger partial charge on any atom is -0.384 e. The summed E-state index contributed by atoms with van der Waals surface area (Å²) in [6.45, 7) is 3.55. The van der Waals surface area contributed by atoms with Crippen molar-refractivity contribution >= 4 is 5.96 Å². The lowest BCUT2D eigenvalue weighted by atomic mass is 10.1. The van der Waals surface area contributed by atoms with Gasteiger partial charge in [-0.2, -0.15) is 5.10 Å². The second kappa shape index (κ2) is 7.92. The van der Waals surface area contributed by atoms with E-state index >= 15 is 0 Å². The molecule has 2 N–H and O–H groups in total. The Bertz CT molecular complexity index is 669. The van der Waals surface area contributed by atoms with Crippen LogP contribution >= 0.6 is 0 Å². The van der Waals surface area contributed by atoms with E-state index in [1.165, 1.54) is 11.9 Å². The van der Waals surface area contributed by atoms with Crippen LogP contribution in [-0.4, -0.2) is 59.9 Å². The highest BCUT2D eigenvalue weighted by molar-refractivity contribution is 5.80. The van der Waals surface area contributed by atoms with Gasteiger partial charge in [-0.1, -0.05) is 18.2 Å². The number of H-pyrrole nitrogens is 1. The second-order valence-electron chi connectivity index (χ2n) is 5.99. The van der Waals surface area contributed by atoms with Crippen LogP contribution < -0.4 is 5.32 Å². The molecule has 0 amide bonds. The zero-order chi connectivity index (χ0) is 16.8. The van der Waals surface area contributed by atoms with E-state index in [1.807, 2.05) is 19.2 Å². The molecule has 1 aromatic carbocycles. The lowest BCUT2D eigenvalue weighted by Gasteiger charge is -2.21. The Balaban J connectivity index is 1.59. The van der Waals surface area contributed by atoms with Crippen LogP contribution in [0.1, 0.15) is 12.0 Å². The van der Waals surface area contributed by atoms with Crippen molar-refractivity contribution in [2.24, 2.45) is 10.9 Å². The lowest BCUT2D eigenvalue weighted by molar-refractivity contribution is 0.157. The number of hydrogen-bond acceptors (Lipinski definition) is 4. The summed E-state index contributed by atoms with van der Waals surface area (Å²) in [6, 6.07) is 8.26. The summed E-state index contributed by atoms with van der Waals surface area (Å²) in [4.78, 5) is 10.9. The molecule has 24 heavy (non-hydrogen) atoms. The number of likely N-dealkylation sites (tertiary alicyclic amines) is 1. The van der Waals surface area contributed by atoms with E-state index in [1.54, 1.807) is 7.11 Å². The highest BCUT2D eigenvalue weighted by Crippen LogP contribution is 2.17. The van der Waals surface area contributed by atoms with Crippen LogP contribution in [0, 0.1) is 5.92 Å². The maximum Gasteiger partial charge on any atom is 0.193 e.